The minimum Gasteiger partial charge on any atom is -0.325 e. The van der Waals surface area contributed by atoms with Crippen molar-refractivity contribution in [1.82, 2.24) is 4.72 Å². The van der Waals surface area contributed by atoms with Crippen LogP contribution >= 0.6 is 12.4 Å². The molecule has 0 saturated carbocycles. The number of amides is 1. The van der Waals surface area contributed by atoms with E-state index in [0.717, 1.165) is 0 Å². The van der Waals surface area contributed by atoms with Crippen molar-refractivity contribution in [3.8, 4) is 0 Å². The number of nitrogens with one attached hydrogen (secondary N) is 2. The van der Waals surface area contributed by atoms with Gasteiger partial charge in [0.15, 0.2) is 0 Å². The molecule has 8 heteroatoms. The largest absolute Gasteiger partial charge is 0.325 e. The Morgan fingerprint density at radius 3 is 2.40 bits per heavy atom. The average Bonchev–Trinajstić information content (AvgIpc) is 2.37. The van der Waals surface area contributed by atoms with Crippen LogP contribution in [0.2, 0.25) is 0 Å². The van der Waals surface area contributed by atoms with Gasteiger partial charge < -0.3 is 11.1 Å². The summed E-state index contributed by atoms with van der Waals surface area (Å²) >= 11 is 0. The molecule has 0 spiro atoms. The van der Waals surface area contributed by atoms with E-state index in [0.29, 0.717) is 5.69 Å². The van der Waals surface area contributed by atoms with Crippen molar-refractivity contribution >= 4 is 34.0 Å². The van der Waals surface area contributed by atoms with Crippen LogP contribution in [0.25, 0.3) is 0 Å². The van der Waals surface area contributed by atoms with Crippen LogP contribution in [0.3, 0.4) is 0 Å². The highest BCUT2D eigenvalue weighted by Crippen LogP contribution is 2.15. The fraction of sp³-hybridized carbons (Fsp3) is 0.417. The lowest BCUT2D eigenvalue weighted by molar-refractivity contribution is -0.118. The number of nitrogens with two attached hydrogens (primary N) is 1. The van der Waals surface area contributed by atoms with Crippen LogP contribution in [0, 0.1) is 5.92 Å². The first-order valence-electron chi connectivity index (χ1n) is 5.88. The van der Waals surface area contributed by atoms with Crippen LogP contribution in [0.4, 0.5) is 5.69 Å². The Kier molecular flexibility index (Phi) is 7.15. The van der Waals surface area contributed by atoms with E-state index in [4.69, 9.17) is 5.73 Å². The molecule has 114 valence electrons. The third-order valence-corrected chi connectivity index (χ3v) is 4.11. The van der Waals surface area contributed by atoms with Crippen molar-refractivity contribution in [3.05, 3.63) is 24.3 Å². The Morgan fingerprint density at radius 2 is 1.90 bits per heavy atom. The Balaban J connectivity index is 0.00000361. The first-order chi connectivity index (χ1) is 8.77. The van der Waals surface area contributed by atoms with Gasteiger partial charge in [-0.3, -0.25) is 4.79 Å². The van der Waals surface area contributed by atoms with Gasteiger partial charge in [0.2, 0.25) is 15.9 Å². The summed E-state index contributed by atoms with van der Waals surface area (Å²) in [5.74, 6) is -0.335. The molecule has 0 aliphatic carbocycles. The van der Waals surface area contributed by atoms with E-state index in [2.05, 4.69) is 10.0 Å². The molecular formula is C12H20ClN3O3S. The van der Waals surface area contributed by atoms with Crippen molar-refractivity contribution in [2.75, 3.05) is 12.4 Å². The zero-order valence-corrected chi connectivity index (χ0v) is 13.2. The summed E-state index contributed by atoms with van der Waals surface area (Å²) in [5.41, 5.74) is 6.12. The monoisotopic (exact) mass is 321 g/mol. The number of benzene rings is 1. The number of hydrogen-bond donors (Lipinski definition) is 3. The van der Waals surface area contributed by atoms with Crippen LogP contribution in [0.1, 0.15) is 13.8 Å². The van der Waals surface area contributed by atoms with Gasteiger partial charge in [-0.2, -0.15) is 0 Å². The average molecular weight is 322 g/mol. The molecule has 1 aromatic carbocycles. The lowest BCUT2D eigenvalue weighted by atomic mass is 10.1. The third-order valence-electron chi connectivity index (χ3n) is 2.70. The summed E-state index contributed by atoms with van der Waals surface area (Å²) in [5, 5.41) is 2.60. The molecule has 0 fully saturated rings. The Bertz CT molecular complexity index is 561. The van der Waals surface area contributed by atoms with E-state index in [1.807, 2.05) is 13.8 Å². The summed E-state index contributed by atoms with van der Waals surface area (Å²) < 4.78 is 25.5. The van der Waals surface area contributed by atoms with E-state index < -0.39 is 16.1 Å². The fourth-order valence-corrected chi connectivity index (χ4v) is 2.16. The number of carbonyl (C=O) groups excluding carboxylic acids is 1. The molecule has 4 N–H and O–H groups in total. The molecule has 1 unspecified atom stereocenters. The molecule has 6 nitrogen and oxygen atoms in total. The van der Waals surface area contributed by atoms with Gasteiger partial charge in [0.25, 0.3) is 0 Å². The summed E-state index contributed by atoms with van der Waals surface area (Å²) in [4.78, 5) is 11.9. The first kappa shape index (κ1) is 18.9. The lowest BCUT2D eigenvalue weighted by Gasteiger charge is -2.15. The number of halogens is 1. The zero-order chi connectivity index (χ0) is 14.6. The topological polar surface area (TPSA) is 101 Å². The van der Waals surface area contributed by atoms with Crippen LogP contribution in [0.5, 0.6) is 0 Å². The van der Waals surface area contributed by atoms with Gasteiger partial charge in [0.05, 0.1) is 10.9 Å². The lowest BCUT2D eigenvalue weighted by Crippen LogP contribution is -2.39. The number of hydrogen-bond acceptors (Lipinski definition) is 4. The molecule has 0 bridgehead atoms. The molecule has 0 aliphatic rings. The Morgan fingerprint density at radius 1 is 1.30 bits per heavy atom. The maximum absolute atomic E-state index is 11.8. The number of anilines is 1. The number of sulfonamides is 1. The van der Waals surface area contributed by atoms with E-state index in [1.54, 1.807) is 12.1 Å². The molecule has 0 aliphatic heterocycles. The zero-order valence-electron chi connectivity index (χ0n) is 11.6. The summed E-state index contributed by atoms with van der Waals surface area (Å²) in [6.07, 6.45) is 0. The van der Waals surface area contributed by atoms with Gasteiger partial charge in [-0.05, 0) is 31.2 Å². The fourth-order valence-electron chi connectivity index (χ4n) is 1.39. The SMILES string of the molecule is CNS(=O)(=O)c1cccc(NC(=O)C(N)C(C)C)c1.Cl. The Labute approximate surface area is 125 Å². The van der Waals surface area contributed by atoms with Gasteiger partial charge >= 0.3 is 0 Å². The molecule has 1 aromatic rings. The van der Waals surface area contributed by atoms with E-state index >= 15 is 0 Å². The van der Waals surface area contributed by atoms with Gasteiger partial charge in [0, 0.05) is 5.69 Å². The molecule has 0 saturated heterocycles. The highest BCUT2D eigenvalue weighted by Gasteiger charge is 2.18. The van der Waals surface area contributed by atoms with Crippen LogP contribution < -0.4 is 15.8 Å². The molecule has 1 rings (SSSR count). The highest BCUT2D eigenvalue weighted by atomic mass is 35.5. The predicted molar refractivity (Wildman–Crippen MR) is 81.4 cm³/mol. The van der Waals surface area contributed by atoms with Crippen LogP contribution in [0.15, 0.2) is 29.2 Å². The summed E-state index contributed by atoms with van der Waals surface area (Å²) in [6, 6.07) is 5.37. The standard InChI is InChI=1S/C12H19N3O3S.ClH/c1-8(2)11(13)12(16)15-9-5-4-6-10(7-9)19(17,18)14-3;/h4-8,11,14H,13H2,1-3H3,(H,15,16);1H. The maximum Gasteiger partial charge on any atom is 0.241 e. The maximum atomic E-state index is 11.8. The normalized spacial score (nSPS) is 12.7. The highest BCUT2D eigenvalue weighted by molar-refractivity contribution is 7.89. The van der Waals surface area contributed by atoms with Crippen LogP contribution in [-0.2, 0) is 14.8 Å². The van der Waals surface area contributed by atoms with Crippen molar-refractivity contribution in [1.29, 1.82) is 0 Å². The number of carbonyl (C=O) groups is 1. The van der Waals surface area contributed by atoms with Crippen molar-refractivity contribution in [3.63, 3.8) is 0 Å². The molecule has 1 atom stereocenters. The second-order valence-corrected chi connectivity index (χ2v) is 6.38. The van der Waals surface area contributed by atoms with Crippen molar-refractivity contribution in [2.24, 2.45) is 11.7 Å². The van der Waals surface area contributed by atoms with Gasteiger partial charge in [-0.15, -0.1) is 12.4 Å². The quantitative estimate of drug-likeness (QED) is 0.751. The minimum atomic E-state index is -3.53. The molecule has 20 heavy (non-hydrogen) atoms. The summed E-state index contributed by atoms with van der Waals surface area (Å²) in [7, 11) is -2.20. The first-order valence-corrected chi connectivity index (χ1v) is 7.36. The smallest absolute Gasteiger partial charge is 0.241 e. The van der Waals surface area contributed by atoms with E-state index in [-0.39, 0.29) is 29.1 Å². The predicted octanol–water partition coefficient (Wildman–Crippen LogP) is 0.938. The van der Waals surface area contributed by atoms with Gasteiger partial charge in [-0.25, -0.2) is 13.1 Å². The van der Waals surface area contributed by atoms with Crippen molar-refractivity contribution < 1.29 is 13.2 Å². The second kappa shape index (κ2) is 7.58. The third kappa shape index (κ3) is 4.75. The molecular weight excluding hydrogens is 302 g/mol. The van der Waals surface area contributed by atoms with Gasteiger partial charge in [-0.1, -0.05) is 19.9 Å². The molecule has 0 aromatic heterocycles. The van der Waals surface area contributed by atoms with Crippen LogP contribution in [-0.4, -0.2) is 27.4 Å². The summed E-state index contributed by atoms with van der Waals surface area (Å²) in [6.45, 7) is 3.68. The van der Waals surface area contributed by atoms with Gasteiger partial charge in [0.1, 0.15) is 0 Å². The van der Waals surface area contributed by atoms with Crippen molar-refractivity contribution in [2.45, 2.75) is 24.8 Å². The molecule has 0 heterocycles. The van der Waals surface area contributed by atoms with E-state index in [9.17, 15) is 13.2 Å². The van der Waals surface area contributed by atoms with E-state index in [1.165, 1.54) is 19.2 Å². The molecule has 0 radical (unpaired) electrons. The number of rotatable bonds is 5. The molecule has 1 amide bonds. The second-order valence-electron chi connectivity index (χ2n) is 4.49. The minimum absolute atomic E-state index is 0. The Hall–Kier alpha value is -1.15.